The number of anilines is 3. The standard InChI is InChI=1S/C28H23N3O4S2/c32-24-16-13-21(17-23(24)27(34)35)29-26(33)25(18-7-3-1-4-8-18)37-22-14-11-20(12-15-22)31-28(36)30-19-9-5-2-6-10-19/h1-17,25,32H,(H,29,33)(H,34,35)(H2,30,31,36). The summed E-state index contributed by atoms with van der Waals surface area (Å²) in [6.45, 7) is 0. The van der Waals surface area contributed by atoms with Crippen molar-refractivity contribution >= 4 is 58.0 Å². The summed E-state index contributed by atoms with van der Waals surface area (Å²) in [5.74, 6) is -1.98. The first-order valence-corrected chi connectivity index (χ1v) is 12.5. The topological polar surface area (TPSA) is 111 Å². The Morgan fingerprint density at radius 1 is 0.730 bits per heavy atom. The van der Waals surface area contributed by atoms with Crippen LogP contribution in [-0.4, -0.2) is 27.2 Å². The van der Waals surface area contributed by atoms with E-state index >= 15 is 0 Å². The van der Waals surface area contributed by atoms with Crippen molar-refractivity contribution in [2.45, 2.75) is 10.1 Å². The SMILES string of the molecule is O=C(O)c1cc(NC(=O)C(Sc2ccc(NC(=S)Nc3ccccc3)cc2)c2ccccc2)ccc1O. The van der Waals surface area contributed by atoms with E-state index in [1.54, 1.807) is 0 Å². The number of thiocarbonyl (C=S) groups is 1. The van der Waals surface area contributed by atoms with Gasteiger partial charge in [0, 0.05) is 22.0 Å². The highest BCUT2D eigenvalue weighted by atomic mass is 32.2. The van der Waals surface area contributed by atoms with Crippen LogP contribution in [0.3, 0.4) is 0 Å². The first-order valence-electron chi connectivity index (χ1n) is 11.2. The Hall–Kier alpha value is -4.34. The molecule has 0 fully saturated rings. The second-order valence-electron chi connectivity index (χ2n) is 7.90. The largest absolute Gasteiger partial charge is 0.507 e. The van der Waals surface area contributed by atoms with Gasteiger partial charge in [-0.2, -0.15) is 0 Å². The third-order valence-electron chi connectivity index (χ3n) is 5.23. The zero-order valence-electron chi connectivity index (χ0n) is 19.4. The number of carbonyl (C=O) groups is 2. The van der Waals surface area contributed by atoms with Crippen molar-refractivity contribution in [1.82, 2.24) is 0 Å². The van der Waals surface area contributed by atoms with Gasteiger partial charge in [-0.1, -0.05) is 48.5 Å². The fraction of sp³-hybridized carbons (Fsp3) is 0.0357. The summed E-state index contributed by atoms with van der Waals surface area (Å²) in [5.41, 5.74) is 2.46. The van der Waals surface area contributed by atoms with Crippen LogP contribution in [-0.2, 0) is 4.79 Å². The number of carbonyl (C=O) groups excluding carboxylic acids is 1. The second kappa shape index (κ2) is 12.1. The van der Waals surface area contributed by atoms with Gasteiger partial charge >= 0.3 is 5.97 Å². The van der Waals surface area contributed by atoms with Gasteiger partial charge in [0.15, 0.2) is 5.11 Å². The molecule has 0 heterocycles. The van der Waals surface area contributed by atoms with Crippen molar-refractivity contribution in [2.75, 3.05) is 16.0 Å². The smallest absolute Gasteiger partial charge is 0.339 e. The number of thioether (sulfide) groups is 1. The molecule has 4 aromatic rings. The molecule has 1 amide bonds. The second-order valence-corrected chi connectivity index (χ2v) is 9.49. The third-order valence-corrected chi connectivity index (χ3v) is 6.70. The molecule has 0 aliphatic heterocycles. The maximum absolute atomic E-state index is 13.3. The van der Waals surface area contributed by atoms with Crippen molar-refractivity contribution in [3.63, 3.8) is 0 Å². The van der Waals surface area contributed by atoms with Crippen LogP contribution >= 0.6 is 24.0 Å². The van der Waals surface area contributed by atoms with Crippen LogP contribution in [0.1, 0.15) is 21.2 Å². The van der Waals surface area contributed by atoms with Crippen LogP contribution in [0, 0.1) is 0 Å². The first-order chi connectivity index (χ1) is 17.9. The number of phenols is 1. The van der Waals surface area contributed by atoms with E-state index in [0.29, 0.717) is 5.11 Å². The lowest BCUT2D eigenvalue weighted by Crippen LogP contribution is -2.19. The third kappa shape index (κ3) is 7.09. The number of carboxylic acid groups (broad SMARTS) is 1. The lowest BCUT2D eigenvalue weighted by Gasteiger charge is -2.18. The zero-order chi connectivity index (χ0) is 26.2. The minimum atomic E-state index is -1.28. The number of rotatable bonds is 8. The van der Waals surface area contributed by atoms with Crippen LogP contribution in [0.4, 0.5) is 17.1 Å². The lowest BCUT2D eigenvalue weighted by atomic mass is 10.1. The van der Waals surface area contributed by atoms with E-state index in [4.69, 9.17) is 12.2 Å². The minimum Gasteiger partial charge on any atom is -0.507 e. The van der Waals surface area contributed by atoms with E-state index in [9.17, 15) is 19.8 Å². The van der Waals surface area contributed by atoms with Gasteiger partial charge in [-0.05, 0) is 72.4 Å². The molecule has 9 heteroatoms. The molecule has 7 nitrogen and oxygen atoms in total. The average Bonchev–Trinajstić information content (AvgIpc) is 2.90. The summed E-state index contributed by atoms with van der Waals surface area (Å²) in [5, 5.41) is 27.9. The van der Waals surface area contributed by atoms with Crippen LogP contribution in [0.25, 0.3) is 0 Å². The molecule has 0 spiro atoms. The summed E-state index contributed by atoms with van der Waals surface area (Å²) in [6.07, 6.45) is 0. The quantitative estimate of drug-likeness (QED) is 0.102. The van der Waals surface area contributed by atoms with Crippen molar-refractivity contribution in [3.8, 4) is 5.75 Å². The van der Waals surface area contributed by atoms with Crippen LogP contribution in [0.15, 0.2) is 108 Å². The molecule has 1 unspecified atom stereocenters. The summed E-state index contributed by atoms with van der Waals surface area (Å²) >= 11 is 6.74. The number of aromatic hydroxyl groups is 1. The van der Waals surface area contributed by atoms with E-state index < -0.39 is 11.2 Å². The highest BCUT2D eigenvalue weighted by Crippen LogP contribution is 2.37. The molecule has 0 saturated heterocycles. The van der Waals surface area contributed by atoms with Crippen molar-refractivity contribution in [1.29, 1.82) is 0 Å². The summed E-state index contributed by atoms with van der Waals surface area (Å²) in [7, 11) is 0. The van der Waals surface area contributed by atoms with Gasteiger partial charge in [0.2, 0.25) is 5.91 Å². The number of nitrogens with one attached hydrogen (secondary N) is 3. The Labute approximate surface area is 223 Å². The predicted molar refractivity (Wildman–Crippen MR) is 151 cm³/mol. The van der Waals surface area contributed by atoms with Crippen molar-refractivity contribution in [3.05, 3.63) is 114 Å². The van der Waals surface area contributed by atoms with E-state index in [-0.39, 0.29) is 22.9 Å². The Kier molecular flexibility index (Phi) is 8.40. The summed E-state index contributed by atoms with van der Waals surface area (Å²) in [4.78, 5) is 25.5. The fourth-order valence-electron chi connectivity index (χ4n) is 3.46. The van der Waals surface area contributed by atoms with Gasteiger partial charge in [-0.25, -0.2) is 4.79 Å². The van der Waals surface area contributed by atoms with Gasteiger partial charge in [-0.3, -0.25) is 4.79 Å². The molecule has 186 valence electrons. The molecule has 5 N–H and O–H groups in total. The highest BCUT2D eigenvalue weighted by Gasteiger charge is 2.23. The Morgan fingerprint density at radius 3 is 1.92 bits per heavy atom. The molecular weight excluding hydrogens is 506 g/mol. The number of benzene rings is 4. The number of para-hydroxylation sites is 1. The van der Waals surface area contributed by atoms with E-state index in [1.807, 2.05) is 84.9 Å². The number of amides is 1. The van der Waals surface area contributed by atoms with Gasteiger partial charge in [0.25, 0.3) is 0 Å². The summed E-state index contributed by atoms with van der Waals surface area (Å²) in [6, 6.07) is 30.4. The summed E-state index contributed by atoms with van der Waals surface area (Å²) < 4.78 is 0. The first kappa shape index (κ1) is 25.7. The van der Waals surface area contributed by atoms with E-state index in [0.717, 1.165) is 21.8 Å². The molecule has 0 bridgehead atoms. The van der Waals surface area contributed by atoms with E-state index in [1.165, 1.54) is 30.0 Å². The average molecular weight is 530 g/mol. The highest BCUT2D eigenvalue weighted by molar-refractivity contribution is 8.00. The molecule has 1 atom stereocenters. The molecule has 37 heavy (non-hydrogen) atoms. The molecule has 0 aliphatic rings. The zero-order valence-corrected chi connectivity index (χ0v) is 21.1. The van der Waals surface area contributed by atoms with Gasteiger partial charge < -0.3 is 26.2 Å². The lowest BCUT2D eigenvalue weighted by molar-refractivity contribution is -0.115. The molecule has 0 radical (unpaired) electrons. The maximum Gasteiger partial charge on any atom is 0.339 e. The molecular formula is C28H23N3O4S2. The van der Waals surface area contributed by atoms with Crippen LogP contribution < -0.4 is 16.0 Å². The predicted octanol–water partition coefficient (Wildman–Crippen LogP) is 6.37. The maximum atomic E-state index is 13.3. The Bertz CT molecular complexity index is 1400. The molecule has 0 saturated carbocycles. The molecule has 0 aromatic heterocycles. The molecule has 0 aliphatic carbocycles. The normalized spacial score (nSPS) is 11.2. The number of hydrogen-bond acceptors (Lipinski definition) is 5. The fourth-order valence-corrected chi connectivity index (χ4v) is 4.72. The van der Waals surface area contributed by atoms with Gasteiger partial charge in [0.05, 0.1) is 0 Å². The van der Waals surface area contributed by atoms with Gasteiger partial charge in [0.1, 0.15) is 16.6 Å². The molecule has 4 rings (SSSR count). The van der Waals surface area contributed by atoms with Crippen LogP contribution in [0.5, 0.6) is 5.75 Å². The monoisotopic (exact) mass is 529 g/mol. The van der Waals surface area contributed by atoms with Crippen molar-refractivity contribution in [2.24, 2.45) is 0 Å². The van der Waals surface area contributed by atoms with Gasteiger partial charge in [-0.15, -0.1) is 11.8 Å². The Balaban J connectivity index is 1.47. The Morgan fingerprint density at radius 2 is 1.30 bits per heavy atom. The minimum absolute atomic E-state index is 0.278. The molecule has 4 aromatic carbocycles. The van der Waals surface area contributed by atoms with E-state index in [2.05, 4.69) is 16.0 Å². The number of aromatic carboxylic acids is 1. The van der Waals surface area contributed by atoms with Crippen molar-refractivity contribution < 1.29 is 19.8 Å². The number of carboxylic acids is 1. The number of hydrogen-bond donors (Lipinski definition) is 5. The van der Waals surface area contributed by atoms with Crippen LogP contribution in [0.2, 0.25) is 0 Å².